The molecule has 0 amide bonds. The van der Waals surface area contributed by atoms with Gasteiger partial charge in [-0.25, -0.2) is 4.79 Å². The molecule has 160 valence electrons. The number of fused-ring (bicyclic) bond motifs is 5. The van der Waals surface area contributed by atoms with E-state index in [0.717, 1.165) is 29.6 Å². The number of carboxylic acids is 1. The Hall–Kier alpha value is -0.900. The van der Waals surface area contributed by atoms with Gasteiger partial charge in [0.25, 0.3) is 0 Å². The molecular formula is C24H40O4. The van der Waals surface area contributed by atoms with Crippen molar-refractivity contribution < 1.29 is 19.8 Å². The predicted molar refractivity (Wildman–Crippen MR) is 110 cm³/mol. The molecule has 0 radical (unpaired) electrons. The molecule has 8 atom stereocenters. The lowest BCUT2D eigenvalue weighted by atomic mass is 9.44. The highest BCUT2D eigenvalue weighted by Crippen LogP contribution is 2.67. The summed E-state index contributed by atoms with van der Waals surface area (Å²) < 4.78 is 0. The van der Waals surface area contributed by atoms with E-state index >= 15 is 0 Å². The van der Waals surface area contributed by atoms with E-state index in [1.807, 2.05) is 6.92 Å². The van der Waals surface area contributed by atoms with Crippen LogP contribution in [-0.4, -0.2) is 28.6 Å². The molecule has 4 fully saturated rings. The van der Waals surface area contributed by atoms with Gasteiger partial charge in [0.1, 0.15) is 12.4 Å². The van der Waals surface area contributed by atoms with Crippen LogP contribution in [0.3, 0.4) is 0 Å². The topological polar surface area (TPSA) is 74.6 Å². The van der Waals surface area contributed by atoms with Crippen molar-refractivity contribution in [2.24, 2.45) is 46.3 Å². The number of hydrogen-bond acceptors (Lipinski definition) is 3. The molecule has 28 heavy (non-hydrogen) atoms. The van der Waals surface area contributed by atoms with Crippen LogP contribution in [0.25, 0.3) is 0 Å². The molecule has 0 saturated heterocycles. The molecule has 4 aliphatic rings. The van der Waals surface area contributed by atoms with E-state index in [0.29, 0.717) is 22.5 Å². The Morgan fingerprint density at radius 2 is 1.54 bits per heavy atom. The highest BCUT2D eigenvalue weighted by atomic mass is 16.4. The summed E-state index contributed by atoms with van der Waals surface area (Å²) in [6, 6.07) is 0. The van der Waals surface area contributed by atoms with Crippen LogP contribution in [0, 0.1) is 46.3 Å². The minimum Gasteiger partial charge on any atom is -0.480 e. The molecule has 0 spiro atoms. The summed E-state index contributed by atoms with van der Waals surface area (Å²) in [5, 5.41) is 15.0. The van der Waals surface area contributed by atoms with E-state index in [9.17, 15) is 4.79 Å². The lowest BCUT2D eigenvalue weighted by Gasteiger charge is -2.61. The van der Waals surface area contributed by atoms with Crippen LogP contribution in [0.5, 0.6) is 0 Å². The molecule has 4 heteroatoms. The molecule has 4 nitrogen and oxygen atoms in total. The van der Waals surface area contributed by atoms with Gasteiger partial charge in [-0.3, -0.25) is 4.79 Å². The second kappa shape index (κ2) is 8.08. The molecule has 4 aliphatic carbocycles. The number of carbonyl (C=O) groups is 2. The van der Waals surface area contributed by atoms with Gasteiger partial charge in [-0.2, -0.15) is 0 Å². The van der Waals surface area contributed by atoms with Crippen molar-refractivity contribution in [3.8, 4) is 0 Å². The summed E-state index contributed by atoms with van der Waals surface area (Å²) in [5.74, 6) is 4.31. The summed E-state index contributed by atoms with van der Waals surface area (Å²) in [5.41, 5.74) is 0.948. The first-order valence-electron chi connectivity index (χ1n) is 11.5. The van der Waals surface area contributed by atoms with Gasteiger partial charge in [-0.05, 0) is 98.7 Å². The Bertz CT molecular complexity index is 601. The molecule has 4 saturated carbocycles. The minimum absolute atomic E-state index is 0.332. The number of aliphatic hydroxyl groups is 1. The Morgan fingerprint density at radius 3 is 2.14 bits per heavy atom. The van der Waals surface area contributed by atoms with Gasteiger partial charge in [-0.1, -0.05) is 27.2 Å². The van der Waals surface area contributed by atoms with E-state index in [4.69, 9.17) is 15.0 Å². The molecule has 0 aromatic carbocycles. The largest absolute Gasteiger partial charge is 0.480 e. The molecule has 8 unspecified atom stereocenters. The van der Waals surface area contributed by atoms with Crippen LogP contribution in [0.15, 0.2) is 0 Å². The second-order valence-corrected chi connectivity index (χ2v) is 10.9. The second-order valence-electron chi connectivity index (χ2n) is 10.9. The number of rotatable bonds is 2. The van der Waals surface area contributed by atoms with Crippen molar-refractivity contribution in [1.29, 1.82) is 0 Å². The van der Waals surface area contributed by atoms with Crippen molar-refractivity contribution in [3.63, 3.8) is 0 Å². The Balaban J connectivity index is 0.000000403. The van der Waals surface area contributed by atoms with Crippen molar-refractivity contribution in [1.82, 2.24) is 0 Å². The van der Waals surface area contributed by atoms with Crippen LogP contribution in [0.4, 0.5) is 0 Å². The van der Waals surface area contributed by atoms with Crippen LogP contribution in [-0.2, 0) is 9.59 Å². The van der Waals surface area contributed by atoms with Gasteiger partial charge < -0.3 is 10.2 Å². The number of ketones is 1. The normalized spacial score (nSPS) is 47.0. The summed E-state index contributed by atoms with van der Waals surface area (Å²) in [7, 11) is 0. The minimum atomic E-state index is -1.19. The van der Waals surface area contributed by atoms with Crippen molar-refractivity contribution in [2.75, 3.05) is 6.61 Å². The molecule has 0 bridgehead atoms. The predicted octanol–water partition coefficient (Wildman–Crippen LogP) is 4.93. The van der Waals surface area contributed by atoms with E-state index in [1.165, 1.54) is 57.8 Å². The van der Waals surface area contributed by atoms with Crippen LogP contribution >= 0.6 is 0 Å². The average molecular weight is 393 g/mol. The number of hydrogen-bond donors (Lipinski definition) is 2. The zero-order valence-corrected chi connectivity index (χ0v) is 18.2. The molecule has 0 aromatic heterocycles. The molecule has 0 aromatic rings. The quantitative estimate of drug-likeness (QED) is 0.698. The maximum atomic E-state index is 12.2. The van der Waals surface area contributed by atoms with E-state index in [1.54, 1.807) is 0 Å². The lowest BCUT2D eigenvalue weighted by molar-refractivity contribution is -0.140. The highest BCUT2D eigenvalue weighted by Gasteiger charge is 2.60. The number of aliphatic hydroxyl groups excluding tert-OH is 1. The molecule has 0 heterocycles. The van der Waals surface area contributed by atoms with Gasteiger partial charge >= 0.3 is 5.97 Å². The maximum Gasteiger partial charge on any atom is 0.329 e. The standard InChI is InChI=1S/C22H36O.C2H4O3/c1-14-9-11-21(3)16(13-14)5-6-17-19-8-7-18(15(2)23)22(19,4)12-10-20(17)21;3-1-2(4)5/h14,16-20H,5-13H2,1-4H3;3H,1H2,(H,4,5). The smallest absolute Gasteiger partial charge is 0.329 e. The van der Waals surface area contributed by atoms with Gasteiger partial charge in [0.05, 0.1) is 0 Å². The first-order chi connectivity index (χ1) is 13.1. The van der Waals surface area contributed by atoms with Crippen LogP contribution < -0.4 is 0 Å². The van der Waals surface area contributed by atoms with E-state index in [-0.39, 0.29) is 0 Å². The van der Waals surface area contributed by atoms with Gasteiger partial charge in [0, 0.05) is 5.92 Å². The fourth-order valence-corrected chi connectivity index (χ4v) is 8.14. The summed E-state index contributed by atoms with van der Waals surface area (Å²) in [4.78, 5) is 21.3. The third-order valence-corrected chi connectivity index (χ3v) is 9.55. The van der Waals surface area contributed by atoms with Crippen molar-refractivity contribution >= 4 is 11.8 Å². The molecule has 2 N–H and O–H groups in total. The third kappa shape index (κ3) is 3.66. The zero-order chi connectivity index (χ0) is 20.7. The number of carboxylic acid groups (broad SMARTS) is 1. The number of carbonyl (C=O) groups excluding carboxylic acids is 1. The van der Waals surface area contributed by atoms with E-state index in [2.05, 4.69) is 20.8 Å². The summed E-state index contributed by atoms with van der Waals surface area (Å²) >= 11 is 0. The number of Topliss-reactive ketones (excluding diaryl/α,β-unsaturated/α-hetero) is 1. The maximum absolute atomic E-state index is 12.2. The summed E-state index contributed by atoms with van der Waals surface area (Å²) in [6.45, 7) is 8.67. The molecule has 0 aliphatic heterocycles. The highest BCUT2D eigenvalue weighted by molar-refractivity contribution is 5.79. The Morgan fingerprint density at radius 1 is 0.929 bits per heavy atom. The molecule has 4 rings (SSSR count). The Labute approximate surface area is 170 Å². The fourth-order valence-electron chi connectivity index (χ4n) is 8.14. The van der Waals surface area contributed by atoms with Crippen LogP contribution in [0.1, 0.15) is 85.5 Å². The Kier molecular flexibility index (Phi) is 6.29. The van der Waals surface area contributed by atoms with Gasteiger partial charge in [0.15, 0.2) is 0 Å². The third-order valence-electron chi connectivity index (χ3n) is 9.55. The van der Waals surface area contributed by atoms with E-state index < -0.39 is 12.6 Å². The fraction of sp³-hybridized carbons (Fsp3) is 0.917. The first kappa shape index (κ1) is 21.8. The SMILES string of the molecule is CC(=O)C1CCC2C3CCC4CC(C)CCC4(C)C3CCC12C.O=C(O)CO. The summed E-state index contributed by atoms with van der Waals surface area (Å²) in [6.07, 6.45) is 12.6. The first-order valence-corrected chi connectivity index (χ1v) is 11.5. The zero-order valence-electron chi connectivity index (χ0n) is 18.2. The lowest BCUT2D eigenvalue weighted by Crippen LogP contribution is -2.53. The van der Waals surface area contributed by atoms with Gasteiger partial charge in [-0.15, -0.1) is 0 Å². The molecular weight excluding hydrogens is 352 g/mol. The van der Waals surface area contributed by atoms with Crippen molar-refractivity contribution in [3.05, 3.63) is 0 Å². The number of aliphatic carboxylic acids is 1. The van der Waals surface area contributed by atoms with Crippen molar-refractivity contribution in [2.45, 2.75) is 85.5 Å². The van der Waals surface area contributed by atoms with Gasteiger partial charge in [0.2, 0.25) is 0 Å². The monoisotopic (exact) mass is 392 g/mol. The van der Waals surface area contributed by atoms with Crippen LogP contribution in [0.2, 0.25) is 0 Å². The average Bonchev–Trinajstić information content (AvgIpc) is 3.00.